The van der Waals surface area contributed by atoms with Gasteiger partial charge in [-0.3, -0.25) is 0 Å². The number of benzene rings is 1. The third-order valence-corrected chi connectivity index (χ3v) is 3.96. The predicted molar refractivity (Wildman–Crippen MR) is 92.8 cm³/mol. The number of nitrogen functional groups attached to an aromatic ring is 1. The minimum atomic E-state index is -0.992. The van der Waals surface area contributed by atoms with Gasteiger partial charge in [-0.15, -0.1) is 5.10 Å². The first kappa shape index (κ1) is 17.8. The summed E-state index contributed by atoms with van der Waals surface area (Å²) in [6, 6.07) is 3.46. The Labute approximate surface area is 148 Å². The Hall–Kier alpha value is -3.03. The Morgan fingerprint density at radius 1 is 1.31 bits per heavy atom. The van der Waals surface area contributed by atoms with Crippen LogP contribution in [0, 0.1) is 11.6 Å². The second-order valence-corrected chi connectivity index (χ2v) is 6.06. The number of rotatable bonds is 4. The summed E-state index contributed by atoms with van der Waals surface area (Å²) >= 11 is 0. The highest BCUT2D eigenvalue weighted by atomic mass is 19.2. The van der Waals surface area contributed by atoms with Gasteiger partial charge in [0.2, 0.25) is 0 Å². The van der Waals surface area contributed by atoms with Crippen LogP contribution in [0.2, 0.25) is 0 Å². The van der Waals surface area contributed by atoms with E-state index in [1.165, 1.54) is 16.8 Å². The minimum Gasteiger partial charge on any atom is -0.462 e. The average molecular weight is 360 g/mol. The molecule has 6 nitrogen and oxygen atoms in total. The molecule has 2 aromatic heterocycles. The largest absolute Gasteiger partial charge is 0.462 e. The van der Waals surface area contributed by atoms with E-state index in [1.54, 1.807) is 6.92 Å². The van der Waals surface area contributed by atoms with Crippen LogP contribution in [0.4, 0.5) is 14.6 Å². The molecule has 0 fully saturated rings. The van der Waals surface area contributed by atoms with E-state index in [0.717, 1.165) is 12.1 Å². The van der Waals surface area contributed by atoms with Crippen LogP contribution in [0.3, 0.4) is 0 Å². The molecule has 26 heavy (non-hydrogen) atoms. The van der Waals surface area contributed by atoms with Crippen LogP contribution in [0.5, 0.6) is 0 Å². The summed E-state index contributed by atoms with van der Waals surface area (Å²) in [5, 5.41) is 4.27. The number of hydrogen-bond donors (Lipinski definition) is 1. The van der Waals surface area contributed by atoms with Crippen molar-refractivity contribution >= 4 is 17.4 Å². The molecular formula is C18H18F2N4O2. The maximum atomic E-state index is 13.6. The first-order valence-electron chi connectivity index (χ1n) is 8.14. The van der Waals surface area contributed by atoms with Crippen molar-refractivity contribution in [3.05, 3.63) is 47.3 Å². The van der Waals surface area contributed by atoms with Crippen molar-refractivity contribution in [2.75, 3.05) is 12.3 Å². The number of ether oxygens (including phenoxy) is 1. The molecule has 0 spiro atoms. The van der Waals surface area contributed by atoms with E-state index in [2.05, 4.69) is 10.1 Å². The first-order chi connectivity index (χ1) is 12.3. The molecule has 0 atom stereocenters. The Bertz CT molecular complexity index is 999. The molecule has 2 N–H and O–H groups in total. The van der Waals surface area contributed by atoms with Crippen molar-refractivity contribution in [3.63, 3.8) is 0 Å². The second-order valence-electron chi connectivity index (χ2n) is 6.06. The highest BCUT2D eigenvalue weighted by molar-refractivity contribution is 5.92. The smallest absolute Gasteiger partial charge is 0.341 e. The molecule has 0 aliphatic rings. The van der Waals surface area contributed by atoms with Crippen molar-refractivity contribution in [1.82, 2.24) is 14.6 Å². The fourth-order valence-corrected chi connectivity index (χ4v) is 2.87. The van der Waals surface area contributed by atoms with E-state index < -0.39 is 17.6 Å². The number of fused-ring (bicyclic) bond motifs is 1. The SMILES string of the molecule is CCOC(=O)c1cnc2c(-c3ccc(F)c(F)c3)c(N)nn2c1C(C)C. The Morgan fingerprint density at radius 2 is 2.04 bits per heavy atom. The molecule has 3 aromatic rings. The van der Waals surface area contributed by atoms with E-state index in [4.69, 9.17) is 10.5 Å². The van der Waals surface area contributed by atoms with E-state index >= 15 is 0 Å². The zero-order valence-electron chi connectivity index (χ0n) is 14.6. The highest BCUT2D eigenvalue weighted by Gasteiger charge is 2.24. The lowest BCUT2D eigenvalue weighted by Gasteiger charge is -2.13. The molecule has 0 bridgehead atoms. The van der Waals surface area contributed by atoms with Crippen LogP contribution in [0.15, 0.2) is 24.4 Å². The van der Waals surface area contributed by atoms with Crippen molar-refractivity contribution in [2.24, 2.45) is 0 Å². The van der Waals surface area contributed by atoms with E-state index in [9.17, 15) is 13.6 Å². The molecule has 1 aromatic carbocycles. The van der Waals surface area contributed by atoms with Crippen molar-refractivity contribution < 1.29 is 18.3 Å². The molecule has 0 radical (unpaired) electrons. The van der Waals surface area contributed by atoms with Crippen LogP contribution in [0.1, 0.15) is 42.7 Å². The fraction of sp³-hybridized carbons (Fsp3) is 0.278. The van der Waals surface area contributed by atoms with Crippen LogP contribution in [-0.4, -0.2) is 27.2 Å². The van der Waals surface area contributed by atoms with Crippen LogP contribution in [0.25, 0.3) is 16.8 Å². The first-order valence-corrected chi connectivity index (χ1v) is 8.14. The monoisotopic (exact) mass is 360 g/mol. The zero-order chi connectivity index (χ0) is 19.0. The molecule has 0 aliphatic carbocycles. The molecule has 8 heteroatoms. The predicted octanol–water partition coefficient (Wildman–Crippen LogP) is 3.56. The Morgan fingerprint density at radius 3 is 2.65 bits per heavy atom. The van der Waals surface area contributed by atoms with Gasteiger partial charge in [0.1, 0.15) is 0 Å². The van der Waals surface area contributed by atoms with Crippen molar-refractivity contribution in [3.8, 4) is 11.1 Å². The summed E-state index contributed by atoms with van der Waals surface area (Å²) < 4.78 is 33.4. The molecule has 136 valence electrons. The Balaban J connectivity index is 2.28. The zero-order valence-corrected chi connectivity index (χ0v) is 14.6. The third-order valence-electron chi connectivity index (χ3n) is 3.96. The Kier molecular flexibility index (Phi) is 4.58. The fourth-order valence-electron chi connectivity index (χ4n) is 2.87. The van der Waals surface area contributed by atoms with Gasteiger partial charge in [-0.05, 0) is 30.5 Å². The van der Waals surface area contributed by atoms with Gasteiger partial charge >= 0.3 is 5.97 Å². The number of esters is 1. The van der Waals surface area contributed by atoms with Gasteiger partial charge in [-0.1, -0.05) is 19.9 Å². The van der Waals surface area contributed by atoms with Crippen LogP contribution < -0.4 is 5.73 Å². The number of carbonyl (C=O) groups excluding carboxylic acids is 1. The minimum absolute atomic E-state index is 0.0861. The second kappa shape index (κ2) is 6.70. The average Bonchev–Trinajstić information content (AvgIpc) is 2.92. The van der Waals surface area contributed by atoms with E-state index in [0.29, 0.717) is 22.5 Å². The number of hydrogen-bond acceptors (Lipinski definition) is 5. The van der Waals surface area contributed by atoms with Crippen LogP contribution >= 0.6 is 0 Å². The molecule has 3 rings (SSSR count). The lowest BCUT2D eigenvalue weighted by Crippen LogP contribution is -2.14. The van der Waals surface area contributed by atoms with E-state index in [1.807, 2.05) is 13.8 Å². The van der Waals surface area contributed by atoms with Crippen molar-refractivity contribution in [1.29, 1.82) is 0 Å². The van der Waals surface area contributed by atoms with Crippen LogP contribution in [-0.2, 0) is 4.74 Å². The number of anilines is 1. The number of carbonyl (C=O) groups is 1. The molecule has 0 aliphatic heterocycles. The number of nitrogens with two attached hydrogens (primary N) is 1. The van der Waals surface area contributed by atoms with Gasteiger partial charge in [0.25, 0.3) is 0 Å². The number of halogens is 2. The topological polar surface area (TPSA) is 82.5 Å². The van der Waals surface area contributed by atoms with Gasteiger partial charge in [0.05, 0.1) is 23.4 Å². The van der Waals surface area contributed by atoms with Crippen molar-refractivity contribution in [2.45, 2.75) is 26.7 Å². The molecular weight excluding hydrogens is 342 g/mol. The molecule has 2 heterocycles. The summed E-state index contributed by atoms with van der Waals surface area (Å²) in [5.74, 6) is -2.44. The summed E-state index contributed by atoms with van der Waals surface area (Å²) in [4.78, 5) is 16.5. The third kappa shape index (κ3) is 2.87. The van der Waals surface area contributed by atoms with Gasteiger partial charge < -0.3 is 10.5 Å². The lowest BCUT2D eigenvalue weighted by atomic mass is 10.0. The molecule has 0 saturated heterocycles. The summed E-state index contributed by atoms with van der Waals surface area (Å²) in [6.45, 7) is 5.74. The standard InChI is InChI=1S/C18H18F2N4O2/c1-4-26-18(25)11-8-22-17-14(10-5-6-12(19)13(20)7-10)16(21)23-24(17)15(11)9(2)3/h5-9H,4H2,1-3H3,(H2,21,23). The van der Waals surface area contributed by atoms with Gasteiger partial charge in [-0.25, -0.2) is 23.1 Å². The molecule has 0 amide bonds. The van der Waals surface area contributed by atoms with Gasteiger partial charge in [0, 0.05) is 6.20 Å². The maximum Gasteiger partial charge on any atom is 0.341 e. The number of aromatic nitrogens is 3. The highest BCUT2D eigenvalue weighted by Crippen LogP contribution is 2.32. The lowest BCUT2D eigenvalue weighted by molar-refractivity contribution is 0.0523. The summed E-state index contributed by atoms with van der Waals surface area (Å²) in [7, 11) is 0. The van der Waals surface area contributed by atoms with E-state index in [-0.39, 0.29) is 23.9 Å². The molecule has 0 unspecified atom stereocenters. The van der Waals surface area contributed by atoms with Gasteiger partial charge in [0.15, 0.2) is 23.1 Å². The normalized spacial score (nSPS) is 11.3. The summed E-state index contributed by atoms with van der Waals surface area (Å²) in [5.41, 5.74) is 7.96. The maximum absolute atomic E-state index is 13.6. The molecule has 0 saturated carbocycles. The number of nitrogens with zero attached hydrogens (tertiary/aromatic N) is 3. The summed E-state index contributed by atoms with van der Waals surface area (Å²) in [6.07, 6.45) is 1.40. The van der Waals surface area contributed by atoms with Gasteiger partial charge in [-0.2, -0.15) is 0 Å². The quantitative estimate of drug-likeness (QED) is 0.720.